The first-order chi connectivity index (χ1) is 13.9. The van der Waals surface area contributed by atoms with Gasteiger partial charge < -0.3 is 9.64 Å². The van der Waals surface area contributed by atoms with Crippen LogP contribution in [0.25, 0.3) is 0 Å². The molecule has 0 aromatic heterocycles. The van der Waals surface area contributed by atoms with Crippen LogP contribution in [0.1, 0.15) is 0 Å². The Morgan fingerprint density at radius 2 is 1.41 bits per heavy atom. The lowest BCUT2D eigenvalue weighted by molar-refractivity contribution is -0.116. The van der Waals surface area contributed by atoms with Crippen molar-refractivity contribution >= 4 is 27.3 Å². The highest BCUT2D eigenvalue weighted by atomic mass is 32.2. The first kappa shape index (κ1) is 20.4. The fourth-order valence-electron chi connectivity index (χ4n) is 2.88. The summed E-state index contributed by atoms with van der Waals surface area (Å²) in [6.07, 6.45) is 0. The molecule has 0 fully saturated rings. The Bertz CT molecular complexity index is 1070. The summed E-state index contributed by atoms with van der Waals surface area (Å²) in [4.78, 5) is 14.5. The van der Waals surface area contributed by atoms with Gasteiger partial charge in [0.2, 0.25) is 5.91 Å². The molecule has 0 N–H and O–H groups in total. The zero-order chi connectivity index (χ0) is 20.9. The Kier molecular flexibility index (Phi) is 6.19. The third kappa shape index (κ3) is 4.41. The van der Waals surface area contributed by atoms with E-state index >= 15 is 0 Å². The number of ether oxygens (including phenoxy) is 1. The van der Waals surface area contributed by atoms with Gasteiger partial charge in [-0.05, 0) is 36.4 Å². The standard InChI is InChI=1S/C22H22N2O4S/c1-23(18-11-5-3-6-12-18)22(25)17-24(20-15-9-10-16-21(20)28-2)29(26,27)19-13-7-4-8-14-19/h3-16H,17H2,1-2H3. The quantitative estimate of drug-likeness (QED) is 0.597. The van der Waals surface area contributed by atoms with Crippen LogP contribution in [0, 0.1) is 0 Å². The van der Waals surface area contributed by atoms with Crippen molar-refractivity contribution in [1.29, 1.82) is 0 Å². The number of likely N-dealkylation sites (N-methyl/N-ethyl adjacent to an activating group) is 1. The number of amides is 1. The SMILES string of the molecule is COc1ccccc1N(CC(=O)N(C)c1ccccc1)S(=O)(=O)c1ccccc1. The van der Waals surface area contributed by atoms with Crippen LogP contribution in [0.4, 0.5) is 11.4 Å². The maximum absolute atomic E-state index is 13.4. The van der Waals surface area contributed by atoms with E-state index in [4.69, 9.17) is 4.74 Å². The van der Waals surface area contributed by atoms with E-state index in [0.29, 0.717) is 17.1 Å². The first-order valence-corrected chi connectivity index (χ1v) is 10.4. The summed E-state index contributed by atoms with van der Waals surface area (Å²) in [6.45, 7) is -0.372. The van der Waals surface area contributed by atoms with Crippen molar-refractivity contribution in [3.8, 4) is 5.75 Å². The minimum Gasteiger partial charge on any atom is -0.495 e. The number of methoxy groups -OCH3 is 1. The molecule has 0 aliphatic carbocycles. The number of hydrogen-bond donors (Lipinski definition) is 0. The Morgan fingerprint density at radius 1 is 0.862 bits per heavy atom. The molecule has 0 heterocycles. The van der Waals surface area contributed by atoms with Crippen LogP contribution in [-0.4, -0.2) is 35.0 Å². The molecular weight excluding hydrogens is 388 g/mol. The molecule has 0 unspecified atom stereocenters. The highest BCUT2D eigenvalue weighted by Crippen LogP contribution is 2.32. The topological polar surface area (TPSA) is 66.9 Å². The molecule has 0 saturated heterocycles. The second-order valence-electron chi connectivity index (χ2n) is 6.28. The van der Waals surface area contributed by atoms with E-state index in [-0.39, 0.29) is 17.3 Å². The summed E-state index contributed by atoms with van der Waals surface area (Å²) in [7, 11) is -0.911. The maximum Gasteiger partial charge on any atom is 0.264 e. The molecule has 29 heavy (non-hydrogen) atoms. The van der Waals surface area contributed by atoms with Gasteiger partial charge in [-0.2, -0.15) is 0 Å². The van der Waals surface area contributed by atoms with E-state index in [1.165, 1.54) is 24.1 Å². The number of anilines is 2. The lowest BCUT2D eigenvalue weighted by Crippen LogP contribution is -2.42. The fourth-order valence-corrected chi connectivity index (χ4v) is 4.33. The highest BCUT2D eigenvalue weighted by molar-refractivity contribution is 7.92. The maximum atomic E-state index is 13.4. The van der Waals surface area contributed by atoms with Crippen LogP contribution in [0.2, 0.25) is 0 Å². The number of sulfonamides is 1. The van der Waals surface area contributed by atoms with Gasteiger partial charge in [-0.25, -0.2) is 8.42 Å². The molecule has 0 bridgehead atoms. The Hall–Kier alpha value is -3.32. The second kappa shape index (κ2) is 8.79. The third-order valence-electron chi connectivity index (χ3n) is 4.48. The Balaban J connectivity index is 2.03. The second-order valence-corrected chi connectivity index (χ2v) is 8.15. The zero-order valence-corrected chi connectivity index (χ0v) is 17.0. The molecule has 6 nitrogen and oxygen atoms in total. The van der Waals surface area contributed by atoms with Crippen LogP contribution in [0.15, 0.2) is 89.8 Å². The van der Waals surface area contributed by atoms with Gasteiger partial charge in [0.1, 0.15) is 12.3 Å². The van der Waals surface area contributed by atoms with Gasteiger partial charge in [0.05, 0.1) is 17.7 Å². The molecule has 3 aromatic carbocycles. The molecule has 0 radical (unpaired) electrons. The van der Waals surface area contributed by atoms with Gasteiger partial charge in [-0.1, -0.05) is 48.5 Å². The van der Waals surface area contributed by atoms with E-state index in [9.17, 15) is 13.2 Å². The van der Waals surface area contributed by atoms with E-state index in [1.54, 1.807) is 61.6 Å². The van der Waals surface area contributed by atoms with Gasteiger partial charge in [0, 0.05) is 12.7 Å². The third-order valence-corrected chi connectivity index (χ3v) is 6.26. The summed E-state index contributed by atoms with van der Waals surface area (Å²) in [6, 6.07) is 23.8. The molecule has 3 aromatic rings. The number of para-hydroxylation sites is 3. The van der Waals surface area contributed by atoms with E-state index in [2.05, 4.69) is 0 Å². The molecule has 0 spiro atoms. The van der Waals surface area contributed by atoms with Crippen molar-refractivity contribution in [3.63, 3.8) is 0 Å². The van der Waals surface area contributed by atoms with Crippen molar-refractivity contribution in [2.75, 3.05) is 29.9 Å². The molecule has 1 amide bonds. The summed E-state index contributed by atoms with van der Waals surface area (Å²) >= 11 is 0. The minimum absolute atomic E-state index is 0.0982. The van der Waals surface area contributed by atoms with Gasteiger partial charge in [0.25, 0.3) is 10.0 Å². The molecule has 0 aliphatic rings. The van der Waals surface area contributed by atoms with Crippen LogP contribution in [-0.2, 0) is 14.8 Å². The predicted molar refractivity (Wildman–Crippen MR) is 114 cm³/mol. The van der Waals surface area contributed by atoms with Crippen molar-refractivity contribution < 1.29 is 17.9 Å². The summed E-state index contributed by atoms with van der Waals surface area (Å²) in [5.41, 5.74) is 0.975. The van der Waals surface area contributed by atoms with Crippen molar-refractivity contribution in [1.82, 2.24) is 0 Å². The average Bonchev–Trinajstić information content (AvgIpc) is 2.77. The van der Waals surface area contributed by atoms with Crippen LogP contribution >= 0.6 is 0 Å². The fraction of sp³-hybridized carbons (Fsp3) is 0.136. The first-order valence-electron chi connectivity index (χ1n) is 8.97. The van der Waals surface area contributed by atoms with E-state index < -0.39 is 10.0 Å². The molecule has 150 valence electrons. The van der Waals surface area contributed by atoms with Gasteiger partial charge in [0.15, 0.2) is 0 Å². The number of carbonyl (C=O) groups excluding carboxylic acids is 1. The molecule has 7 heteroatoms. The number of nitrogens with zero attached hydrogens (tertiary/aromatic N) is 2. The molecule has 3 rings (SSSR count). The number of carbonyl (C=O) groups is 1. The minimum atomic E-state index is -3.99. The molecule has 0 atom stereocenters. The lowest BCUT2D eigenvalue weighted by Gasteiger charge is -2.27. The summed E-state index contributed by atoms with van der Waals surface area (Å²) in [5, 5.41) is 0. The van der Waals surface area contributed by atoms with Crippen LogP contribution < -0.4 is 13.9 Å². The van der Waals surface area contributed by atoms with Gasteiger partial charge >= 0.3 is 0 Å². The number of benzene rings is 3. The summed E-state index contributed by atoms with van der Waals surface area (Å²) in [5.74, 6) is -0.0104. The monoisotopic (exact) mass is 410 g/mol. The van der Waals surface area contributed by atoms with Crippen molar-refractivity contribution in [2.24, 2.45) is 0 Å². The summed E-state index contributed by atoms with van der Waals surface area (Å²) < 4.78 is 33.2. The lowest BCUT2D eigenvalue weighted by atomic mass is 10.2. The largest absolute Gasteiger partial charge is 0.495 e. The Morgan fingerprint density at radius 3 is 2.03 bits per heavy atom. The van der Waals surface area contributed by atoms with Gasteiger partial charge in [-0.3, -0.25) is 9.10 Å². The number of hydrogen-bond acceptors (Lipinski definition) is 4. The average molecular weight is 410 g/mol. The number of rotatable bonds is 7. The van der Waals surface area contributed by atoms with Crippen molar-refractivity contribution in [3.05, 3.63) is 84.9 Å². The predicted octanol–water partition coefficient (Wildman–Crippen LogP) is 3.55. The zero-order valence-electron chi connectivity index (χ0n) is 16.2. The molecule has 0 aliphatic heterocycles. The highest BCUT2D eigenvalue weighted by Gasteiger charge is 2.30. The molecule has 0 saturated carbocycles. The van der Waals surface area contributed by atoms with E-state index in [0.717, 1.165) is 4.31 Å². The van der Waals surface area contributed by atoms with E-state index in [1.807, 2.05) is 18.2 Å². The van der Waals surface area contributed by atoms with Crippen molar-refractivity contribution in [2.45, 2.75) is 4.90 Å². The van der Waals surface area contributed by atoms with Crippen LogP contribution in [0.5, 0.6) is 5.75 Å². The smallest absolute Gasteiger partial charge is 0.264 e. The Labute approximate surface area is 171 Å². The molecular formula is C22H22N2O4S. The normalized spacial score (nSPS) is 11.0. The van der Waals surface area contributed by atoms with Gasteiger partial charge in [-0.15, -0.1) is 0 Å². The van der Waals surface area contributed by atoms with Crippen LogP contribution in [0.3, 0.4) is 0 Å².